The summed E-state index contributed by atoms with van der Waals surface area (Å²) in [5.74, 6) is 0. The number of halogens is 2. The van der Waals surface area contributed by atoms with Crippen LogP contribution in [0.5, 0.6) is 0 Å². The van der Waals surface area contributed by atoms with E-state index < -0.39 is 0 Å². The number of allylic oxidation sites excluding steroid dienone is 2. The quantitative estimate of drug-likeness (QED) is 0.464. The minimum absolute atomic E-state index is 0.0716. The molecule has 3 aromatic rings. The van der Waals surface area contributed by atoms with E-state index in [1.54, 1.807) is 11.8 Å². The summed E-state index contributed by atoms with van der Waals surface area (Å²) in [6.45, 7) is 1.22. The first-order chi connectivity index (χ1) is 14.6. The van der Waals surface area contributed by atoms with Crippen molar-refractivity contribution in [2.75, 3.05) is 24.7 Å². The summed E-state index contributed by atoms with van der Waals surface area (Å²) in [4.78, 5) is 3.31. The van der Waals surface area contributed by atoms with Crippen molar-refractivity contribution in [2.24, 2.45) is 0 Å². The Bertz CT molecular complexity index is 1150. The van der Waals surface area contributed by atoms with E-state index in [1.165, 1.54) is 4.90 Å². The molecule has 1 aliphatic rings. The van der Waals surface area contributed by atoms with E-state index >= 15 is 0 Å². The molecule has 1 aromatic heterocycles. The first-order valence-corrected chi connectivity index (χ1v) is 11.6. The average Bonchev–Trinajstić information content (AvgIpc) is 3.06. The third-order valence-electron chi connectivity index (χ3n) is 4.89. The van der Waals surface area contributed by atoms with Crippen molar-refractivity contribution in [2.45, 2.75) is 11.4 Å². The van der Waals surface area contributed by atoms with Gasteiger partial charge in [0.15, 0.2) is 12.7 Å². The van der Waals surface area contributed by atoms with Gasteiger partial charge in [0.25, 0.3) is 0 Å². The summed E-state index contributed by atoms with van der Waals surface area (Å²) in [6, 6.07) is 14.1. The number of fused-ring (bicyclic) bond motifs is 2. The highest BCUT2D eigenvalue weighted by Crippen LogP contribution is 2.46. The molecule has 7 heteroatoms. The number of aliphatic hydroxyl groups is 2. The topological polar surface area (TPSA) is 47.6 Å². The van der Waals surface area contributed by atoms with E-state index in [4.69, 9.17) is 11.6 Å². The molecule has 0 fully saturated rings. The Balaban J connectivity index is 1.66. The molecule has 0 spiro atoms. The molecule has 1 aliphatic heterocycles. The number of anilines is 1. The maximum Gasteiger partial charge on any atom is 0.214 e. The molecular formula is C23H21BrClN2O2S+. The van der Waals surface area contributed by atoms with Crippen molar-refractivity contribution in [1.82, 2.24) is 0 Å². The van der Waals surface area contributed by atoms with Crippen molar-refractivity contribution >= 4 is 62.0 Å². The molecule has 2 N–H and O–H groups in total. The standard InChI is InChI=1S/C23H21BrClN2O2S/c24-17-4-7-22-21(14-17)27(11-13-29)23(30-22)3-1-2-16-8-9-26(10-12-28)20-15-18(25)5-6-19(16)20/h1-9,14-15,28-29H,10-13H2/q+1. The highest BCUT2D eigenvalue weighted by atomic mass is 79.9. The van der Waals surface area contributed by atoms with Gasteiger partial charge in [-0.15, -0.1) is 0 Å². The second-order valence-electron chi connectivity index (χ2n) is 6.80. The fourth-order valence-electron chi connectivity index (χ4n) is 3.54. The summed E-state index contributed by atoms with van der Waals surface area (Å²) < 4.78 is 3.02. The predicted octanol–water partition coefficient (Wildman–Crippen LogP) is 4.99. The van der Waals surface area contributed by atoms with Crippen LogP contribution in [-0.4, -0.2) is 30.0 Å². The molecule has 0 aliphatic carbocycles. The average molecular weight is 505 g/mol. The Morgan fingerprint density at radius 2 is 1.97 bits per heavy atom. The molecule has 0 amide bonds. The zero-order chi connectivity index (χ0) is 21.1. The lowest BCUT2D eigenvalue weighted by molar-refractivity contribution is -0.672. The second-order valence-corrected chi connectivity index (χ2v) is 9.22. The van der Waals surface area contributed by atoms with Gasteiger partial charge in [-0.25, -0.2) is 0 Å². The van der Waals surface area contributed by atoms with Crippen LogP contribution in [0.4, 0.5) is 5.69 Å². The molecule has 2 aromatic carbocycles. The lowest BCUT2D eigenvalue weighted by atomic mass is 10.1. The number of hydrogen-bond donors (Lipinski definition) is 2. The van der Waals surface area contributed by atoms with Crippen LogP contribution in [0.25, 0.3) is 17.0 Å². The predicted molar refractivity (Wildman–Crippen MR) is 128 cm³/mol. The third-order valence-corrected chi connectivity index (χ3v) is 6.74. The van der Waals surface area contributed by atoms with Gasteiger partial charge in [-0.05, 0) is 42.0 Å². The molecule has 0 saturated carbocycles. The largest absolute Gasteiger partial charge is 0.395 e. The molecule has 0 unspecified atom stereocenters. The van der Waals surface area contributed by atoms with Gasteiger partial charge in [0.2, 0.25) is 5.52 Å². The number of rotatable bonds is 6. The Morgan fingerprint density at radius 3 is 2.77 bits per heavy atom. The van der Waals surface area contributed by atoms with E-state index in [2.05, 4.69) is 45.1 Å². The number of aromatic nitrogens is 1. The summed E-state index contributed by atoms with van der Waals surface area (Å²) in [7, 11) is 0. The van der Waals surface area contributed by atoms with Crippen LogP contribution in [0.15, 0.2) is 75.2 Å². The van der Waals surface area contributed by atoms with E-state index in [1.807, 2.05) is 47.2 Å². The fraction of sp³-hybridized carbons (Fsp3) is 0.174. The van der Waals surface area contributed by atoms with Crippen molar-refractivity contribution < 1.29 is 14.8 Å². The van der Waals surface area contributed by atoms with E-state index in [0.717, 1.165) is 31.7 Å². The SMILES string of the molecule is OCCN1C(=CC=Cc2cc[n+](CCO)c3cc(Cl)ccc23)Sc2ccc(Br)cc21. The fourth-order valence-corrected chi connectivity index (χ4v) is 5.13. The first kappa shape index (κ1) is 21.4. The zero-order valence-electron chi connectivity index (χ0n) is 16.1. The molecule has 30 heavy (non-hydrogen) atoms. The highest BCUT2D eigenvalue weighted by Gasteiger charge is 2.24. The first-order valence-electron chi connectivity index (χ1n) is 9.57. The van der Waals surface area contributed by atoms with Crippen LogP contribution in [0.2, 0.25) is 5.02 Å². The van der Waals surface area contributed by atoms with Crippen LogP contribution in [-0.2, 0) is 6.54 Å². The van der Waals surface area contributed by atoms with E-state index in [-0.39, 0.29) is 13.2 Å². The number of aliphatic hydroxyl groups excluding tert-OH is 2. The molecule has 4 rings (SSSR count). The molecule has 0 atom stereocenters. The lowest BCUT2D eigenvalue weighted by Gasteiger charge is -2.18. The normalized spacial score (nSPS) is 14.9. The Labute approximate surface area is 193 Å². The molecule has 0 saturated heterocycles. The number of β-amino-alcohol motifs (C(OH)–C–C–N with tert-alkyl or cyclic N) is 1. The lowest BCUT2D eigenvalue weighted by Crippen LogP contribution is -2.36. The van der Waals surface area contributed by atoms with Gasteiger partial charge in [0, 0.05) is 33.1 Å². The van der Waals surface area contributed by atoms with Gasteiger partial charge < -0.3 is 15.1 Å². The van der Waals surface area contributed by atoms with Gasteiger partial charge in [-0.1, -0.05) is 51.4 Å². The van der Waals surface area contributed by atoms with Crippen molar-refractivity contribution in [3.63, 3.8) is 0 Å². The summed E-state index contributed by atoms with van der Waals surface area (Å²) >= 11 is 11.4. The zero-order valence-corrected chi connectivity index (χ0v) is 19.3. The van der Waals surface area contributed by atoms with Crippen molar-refractivity contribution in [3.8, 4) is 0 Å². The monoisotopic (exact) mass is 503 g/mol. The molecule has 2 heterocycles. The summed E-state index contributed by atoms with van der Waals surface area (Å²) in [5.41, 5.74) is 3.17. The van der Waals surface area contributed by atoms with Gasteiger partial charge in [0.1, 0.15) is 6.61 Å². The number of benzene rings is 2. The van der Waals surface area contributed by atoms with Gasteiger partial charge >= 0.3 is 0 Å². The minimum atomic E-state index is 0.0716. The Kier molecular flexibility index (Phi) is 6.80. The molecular weight excluding hydrogens is 484 g/mol. The van der Waals surface area contributed by atoms with Gasteiger partial charge in [-0.2, -0.15) is 4.57 Å². The van der Waals surface area contributed by atoms with Crippen molar-refractivity contribution in [1.29, 1.82) is 0 Å². The van der Waals surface area contributed by atoms with Crippen LogP contribution in [0.1, 0.15) is 5.56 Å². The number of nitrogens with zero attached hydrogens (tertiary/aromatic N) is 2. The molecule has 0 bridgehead atoms. The van der Waals surface area contributed by atoms with Gasteiger partial charge in [-0.3, -0.25) is 0 Å². The number of pyridine rings is 1. The van der Waals surface area contributed by atoms with E-state index in [0.29, 0.717) is 18.1 Å². The third kappa shape index (κ3) is 4.43. The Hall–Kier alpha value is -1.83. The second kappa shape index (κ2) is 9.54. The van der Waals surface area contributed by atoms with E-state index in [9.17, 15) is 10.2 Å². The maximum absolute atomic E-state index is 9.51. The maximum atomic E-state index is 9.51. The van der Waals surface area contributed by atoms with Crippen LogP contribution in [0.3, 0.4) is 0 Å². The minimum Gasteiger partial charge on any atom is -0.395 e. The Morgan fingerprint density at radius 1 is 1.10 bits per heavy atom. The molecule has 0 radical (unpaired) electrons. The number of hydrogen-bond acceptors (Lipinski definition) is 4. The number of thioether (sulfide) groups is 1. The van der Waals surface area contributed by atoms with Crippen LogP contribution in [0, 0.1) is 0 Å². The highest BCUT2D eigenvalue weighted by molar-refractivity contribution is 9.10. The molecule has 154 valence electrons. The van der Waals surface area contributed by atoms with Crippen LogP contribution < -0.4 is 9.47 Å². The summed E-state index contributed by atoms with van der Waals surface area (Å²) in [6.07, 6.45) is 8.15. The molecule has 4 nitrogen and oxygen atoms in total. The van der Waals surface area contributed by atoms with Crippen LogP contribution >= 0.6 is 39.3 Å². The smallest absolute Gasteiger partial charge is 0.214 e. The van der Waals surface area contributed by atoms with Crippen molar-refractivity contribution in [3.05, 3.63) is 80.9 Å². The summed E-state index contributed by atoms with van der Waals surface area (Å²) in [5, 5.41) is 21.7. The van der Waals surface area contributed by atoms with Gasteiger partial charge in [0.05, 0.1) is 22.7 Å².